The fraction of sp³-hybridized carbons (Fsp3) is 0.409. The fourth-order valence-corrected chi connectivity index (χ4v) is 5.24. The van der Waals surface area contributed by atoms with Crippen LogP contribution in [0.3, 0.4) is 0 Å². The van der Waals surface area contributed by atoms with Crippen molar-refractivity contribution >= 4 is 15.7 Å². The minimum atomic E-state index is -3.02. The van der Waals surface area contributed by atoms with E-state index in [-0.39, 0.29) is 29.7 Å². The maximum atomic E-state index is 12.6. The van der Waals surface area contributed by atoms with E-state index in [1.54, 1.807) is 19.2 Å². The van der Waals surface area contributed by atoms with Crippen molar-refractivity contribution in [1.29, 1.82) is 0 Å². The van der Waals surface area contributed by atoms with Crippen molar-refractivity contribution in [1.82, 2.24) is 25.7 Å². The molecule has 0 spiro atoms. The van der Waals surface area contributed by atoms with Gasteiger partial charge in [-0.25, -0.2) is 8.42 Å². The summed E-state index contributed by atoms with van der Waals surface area (Å²) >= 11 is 0. The van der Waals surface area contributed by atoms with Gasteiger partial charge in [0.25, 0.3) is 5.91 Å². The van der Waals surface area contributed by atoms with Crippen molar-refractivity contribution in [2.75, 3.05) is 11.5 Å². The van der Waals surface area contributed by atoms with Crippen LogP contribution in [-0.4, -0.2) is 51.7 Å². The molecule has 10 nitrogen and oxygen atoms in total. The Morgan fingerprint density at radius 1 is 1.15 bits per heavy atom. The summed E-state index contributed by atoms with van der Waals surface area (Å²) in [6, 6.07) is 6.89. The number of carbonyl (C=O) groups excluding carboxylic acids is 1. The topological polar surface area (TPSA) is 137 Å². The van der Waals surface area contributed by atoms with Crippen LogP contribution in [0.2, 0.25) is 0 Å². The van der Waals surface area contributed by atoms with Gasteiger partial charge in [-0.2, -0.15) is 0 Å². The van der Waals surface area contributed by atoms with Crippen LogP contribution in [0.15, 0.2) is 35.0 Å². The second-order valence-electron chi connectivity index (χ2n) is 8.47. The number of amides is 1. The van der Waals surface area contributed by atoms with Gasteiger partial charge in [0.15, 0.2) is 5.69 Å². The molecule has 11 heteroatoms. The Morgan fingerprint density at radius 3 is 2.55 bits per heavy atom. The summed E-state index contributed by atoms with van der Waals surface area (Å²) in [6.07, 6.45) is 2.46. The summed E-state index contributed by atoms with van der Waals surface area (Å²) in [4.78, 5) is 16.9. The van der Waals surface area contributed by atoms with Gasteiger partial charge in [-0.1, -0.05) is 5.16 Å². The van der Waals surface area contributed by atoms with Crippen LogP contribution in [0.4, 0.5) is 0 Å². The molecule has 3 aromatic rings. The maximum Gasteiger partial charge on any atom is 0.272 e. The monoisotopic (exact) mass is 471 g/mol. The highest BCUT2D eigenvalue weighted by molar-refractivity contribution is 7.91. The van der Waals surface area contributed by atoms with Crippen LogP contribution in [0.1, 0.15) is 47.3 Å². The third-order valence-corrected chi connectivity index (χ3v) is 7.40. The number of sulfone groups is 1. The summed E-state index contributed by atoms with van der Waals surface area (Å²) < 4.78 is 34.4. The minimum absolute atomic E-state index is 0.0607. The van der Waals surface area contributed by atoms with Gasteiger partial charge >= 0.3 is 0 Å². The zero-order chi connectivity index (χ0) is 23.6. The first kappa shape index (κ1) is 22.8. The second kappa shape index (κ2) is 8.89. The SMILES string of the molecule is Cc1ccc(-c2noc(C)c2COc2ccc(C(=O)NC3(C)CCS(=O)(=O)CC3)nn2)cn1. The smallest absolute Gasteiger partial charge is 0.272 e. The van der Waals surface area contributed by atoms with E-state index < -0.39 is 21.3 Å². The van der Waals surface area contributed by atoms with Gasteiger partial charge in [0.1, 0.15) is 27.9 Å². The predicted octanol–water partition coefficient (Wildman–Crippen LogP) is 2.42. The molecule has 1 fully saturated rings. The van der Waals surface area contributed by atoms with Crippen LogP contribution in [0, 0.1) is 13.8 Å². The molecule has 3 aromatic heterocycles. The molecule has 4 rings (SSSR count). The van der Waals surface area contributed by atoms with Crippen LogP contribution < -0.4 is 10.1 Å². The molecular formula is C22H25N5O5S. The second-order valence-corrected chi connectivity index (χ2v) is 10.8. The summed E-state index contributed by atoms with van der Waals surface area (Å²) in [5.41, 5.74) is 2.67. The van der Waals surface area contributed by atoms with Gasteiger partial charge in [-0.05, 0) is 51.8 Å². The Morgan fingerprint density at radius 2 is 1.91 bits per heavy atom. The molecule has 1 saturated heterocycles. The van der Waals surface area contributed by atoms with Crippen molar-refractivity contribution in [3.8, 4) is 17.1 Å². The molecule has 0 aromatic carbocycles. The normalized spacial score (nSPS) is 16.8. The minimum Gasteiger partial charge on any atom is -0.472 e. The number of hydrogen-bond donors (Lipinski definition) is 1. The van der Waals surface area contributed by atoms with E-state index in [1.807, 2.05) is 26.0 Å². The van der Waals surface area contributed by atoms with Crippen molar-refractivity contribution < 1.29 is 22.5 Å². The number of rotatable bonds is 6. The highest BCUT2D eigenvalue weighted by Crippen LogP contribution is 2.26. The zero-order valence-electron chi connectivity index (χ0n) is 18.7. The predicted molar refractivity (Wildman–Crippen MR) is 119 cm³/mol. The number of nitrogens with zero attached hydrogens (tertiary/aromatic N) is 4. The molecule has 0 radical (unpaired) electrons. The Balaban J connectivity index is 1.39. The molecule has 0 atom stereocenters. The van der Waals surface area contributed by atoms with E-state index in [9.17, 15) is 13.2 Å². The largest absolute Gasteiger partial charge is 0.472 e. The number of nitrogens with one attached hydrogen (secondary N) is 1. The lowest BCUT2D eigenvalue weighted by molar-refractivity contribution is 0.0893. The van der Waals surface area contributed by atoms with E-state index >= 15 is 0 Å². The highest BCUT2D eigenvalue weighted by atomic mass is 32.2. The Kier molecular flexibility index (Phi) is 6.15. The third kappa shape index (κ3) is 5.36. The molecule has 33 heavy (non-hydrogen) atoms. The summed E-state index contributed by atoms with van der Waals surface area (Å²) in [5, 5.41) is 15.0. The van der Waals surface area contributed by atoms with Gasteiger partial charge in [0.2, 0.25) is 5.88 Å². The summed E-state index contributed by atoms with van der Waals surface area (Å²) in [5.74, 6) is 0.586. The van der Waals surface area contributed by atoms with Crippen LogP contribution in [0.5, 0.6) is 5.88 Å². The van der Waals surface area contributed by atoms with Crippen molar-refractivity contribution in [2.45, 2.75) is 45.8 Å². The molecule has 0 aliphatic carbocycles. The molecule has 1 amide bonds. The van der Waals surface area contributed by atoms with Gasteiger partial charge in [-0.15, -0.1) is 10.2 Å². The zero-order valence-corrected chi connectivity index (χ0v) is 19.5. The van der Waals surface area contributed by atoms with E-state index in [2.05, 4.69) is 25.7 Å². The summed E-state index contributed by atoms with van der Waals surface area (Å²) in [7, 11) is -3.02. The Labute approximate surface area is 191 Å². The van der Waals surface area contributed by atoms with E-state index in [0.717, 1.165) is 16.8 Å². The van der Waals surface area contributed by atoms with E-state index in [4.69, 9.17) is 9.26 Å². The average molecular weight is 472 g/mol. The third-order valence-electron chi connectivity index (χ3n) is 5.75. The molecule has 1 N–H and O–H groups in total. The van der Waals surface area contributed by atoms with Gasteiger partial charge in [0, 0.05) is 29.1 Å². The number of carbonyl (C=O) groups is 1. The Bertz CT molecular complexity index is 1240. The highest BCUT2D eigenvalue weighted by Gasteiger charge is 2.35. The number of pyridine rings is 1. The lowest BCUT2D eigenvalue weighted by Gasteiger charge is -2.34. The number of aryl methyl sites for hydroxylation is 2. The number of hydrogen-bond acceptors (Lipinski definition) is 9. The lowest BCUT2D eigenvalue weighted by atomic mass is 9.94. The molecule has 0 unspecified atom stereocenters. The molecule has 0 bridgehead atoms. The quantitative estimate of drug-likeness (QED) is 0.574. The average Bonchev–Trinajstić information content (AvgIpc) is 3.16. The van der Waals surface area contributed by atoms with Crippen LogP contribution in [-0.2, 0) is 16.4 Å². The van der Waals surface area contributed by atoms with Crippen molar-refractivity contribution in [3.63, 3.8) is 0 Å². The van der Waals surface area contributed by atoms with Crippen molar-refractivity contribution in [3.05, 3.63) is 53.2 Å². The van der Waals surface area contributed by atoms with Crippen LogP contribution in [0.25, 0.3) is 11.3 Å². The summed E-state index contributed by atoms with van der Waals surface area (Å²) in [6.45, 7) is 5.70. The first-order valence-corrected chi connectivity index (χ1v) is 12.3. The molecule has 0 saturated carbocycles. The molecular weight excluding hydrogens is 446 g/mol. The lowest BCUT2D eigenvalue weighted by Crippen LogP contribution is -2.51. The molecule has 4 heterocycles. The van der Waals surface area contributed by atoms with Gasteiger partial charge < -0.3 is 14.6 Å². The van der Waals surface area contributed by atoms with Crippen molar-refractivity contribution in [2.24, 2.45) is 0 Å². The standard InChI is InChI=1S/C22H25N5O5S/c1-14-4-5-16(12-23-14)20-17(15(2)32-27-20)13-31-19-7-6-18(25-26-19)21(28)24-22(3)8-10-33(29,30)11-9-22/h4-7,12H,8-11,13H2,1-3H3,(H,24,28). The van der Waals surface area contributed by atoms with Crippen LogP contribution >= 0.6 is 0 Å². The molecule has 174 valence electrons. The first-order valence-electron chi connectivity index (χ1n) is 10.5. The first-order chi connectivity index (χ1) is 15.6. The molecule has 1 aliphatic rings. The fourth-order valence-electron chi connectivity index (χ4n) is 3.51. The van der Waals surface area contributed by atoms with E-state index in [1.165, 1.54) is 6.07 Å². The van der Waals surface area contributed by atoms with Gasteiger partial charge in [-0.3, -0.25) is 9.78 Å². The molecule has 1 aliphatic heterocycles. The Hall–Kier alpha value is -3.34. The number of ether oxygens (including phenoxy) is 1. The maximum absolute atomic E-state index is 12.6. The van der Waals surface area contributed by atoms with Gasteiger partial charge in [0.05, 0.1) is 17.1 Å². The number of aromatic nitrogens is 4. The van der Waals surface area contributed by atoms with E-state index in [0.29, 0.717) is 24.3 Å².